The van der Waals surface area contributed by atoms with Crippen molar-refractivity contribution in [3.05, 3.63) is 65.1 Å². The standard InChI is InChI=1S/C21H22O2S/c1-21(2)12-11-18(23)13-16(21)8-10-17(22)9-7-15-14-24-20-6-4-3-5-19(15)20/h3-10,13-14,18,23H,11-12H2,1-2H3. The molecule has 0 amide bonds. The van der Waals surface area contributed by atoms with Crippen LogP contribution in [-0.2, 0) is 4.79 Å². The smallest absolute Gasteiger partial charge is 0.178 e. The second-order valence-corrected chi connectivity index (χ2v) is 7.78. The minimum atomic E-state index is -0.402. The molecule has 3 rings (SSSR count). The number of carbonyl (C=O) groups excluding carboxylic acids is 1. The number of hydrogen-bond acceptors (Lipinski definition) is 3. The summed E-state index contributed by atoms with van der Waals surface area (Å²) in [6.07, 6.45) is 10.1. The van der Waals surface area contributed by atoms with Gasteiger partial charge in [-0.1, -0.05) is 44.2 Å². The lowest BCUT2D eigenvalue weighted by atomic mass is 9.75. The Bertz CT molecular complexity index is 836. The Kier molecular flexibility index (Phi) is 4.83. The van der Waals surface area contributed by atoms with Crippen LogP contribution in [0.25, 0.3) is 16.2 Å². The molecule has 2 aromatic rings. The number of fused-ring (bicyclic) bond motifs is 1. The highest BCUT2D eigenvalue weighted by Gasteiger charge is 2.27. The lowest BCUT2D eigenvalue weighted by molar-refractivity contribution is -0.110. The molecule has 0 saturated heterocycles. The molecule has 1 aromatic heterocycles. The van der Waals surface area contributed by atoms with Gasteiger partial charge in [0.25, 0.3) is 0 Å². The zero-order chi connectivity index (χ0) is 17.2. The van der Waals surface area contributed by atoms with E-state index in [1.807, 2.05) is 30.4 Å². The Balaban J connectivity index is 1.73. The van der Waals surface area contributed by atoms with Crippen LogP contribution in [0.5, 0.6) is 0 Å². The molecule has 124 valence electrons. The van der Waals surface area contributed by atoms with Crippen molar-refractivity contribution in [2.45, 2.75) is 32.8 Å². The lowest BCUT2D eigenvalue weighted by Crippen LogP contribution is -2.23. The fourth-order valence-corrected chi connectivity index (χ4v) is 3.91. The molecule has 1 unspecified atom stereocenters. The molecule has 1 aromatic carbocycles. The van der Waals surface area contributed by atoms with Gasteiger partial charge in [0.05, 0.1) is 6.10 Å². The summed E-state index contributed by atoms with van der Waals surface area (Å²) in [5.74, 6) is -0.0398. The van der Waals surface area contributed by atoms with E-state index < -0.39 is 6.10 Å². The van der Waals surface area contributed by atoms with Gasteiger partial charge in [-0.15, -0.1) is 11.3 Å². The van der Waals surface area contributed by atoms with Gasteiger partial charge in [0, 0.05) is 4.70 Å². The lowest BCUT2D eigenvalue weighted by Gasteiger charge is -2.32. The number of hydrogen-bond donors (Lipinski definition) is 1. The second-order valence-electron chi connectivity index (χ2n) is 6.87. The summed E-state index contributed by atoms with van der Waals surface area (Å²) in [6.45, 7) is 4.29. The molecule has 1 aliphatic rings. The third-order valence-corrected chi connectivity index (χ3v) is 5.57. The topological polar surface area (TPSA) is 37.3 Å². The summed E-state index contributed by atoms with van der Waals surface area (Å²) < 4.78 is 1.23. The first kappa shape index (κ1) is 16.9. The molecule has 0 radical (unpaired) electrons. The maximum atomic E-state index is 12.1. The van der Waals surface area contributed by atoms with Crippen LogP contribution in [0.4, 0.5) is 0 Å². The average molecular weight is 338 g/mol. The molecule has 1 heterocycles. The largest absolute Gasteiger partial charge is 0.389 e. The Morgan fingerprint density at radius 2 is 2.00 bits per heavy atom. The molecule has 1 N–H and O–H groups in total. The molecule has 0 bridgehead atoms. The van der Waals surface area contributed by atoms with Crippen LogP contribution in [0.2, 0.25) is 0 Å². The highest BCUT2D eigenvalue weighted by Crippen LogP contribution is 2.37. The summed E-state index contributed by atoms with van der Waals surface area (Å²) in [5.41, 5.74) is 2.11. The van der Waals surface area contributed by atoms with E-state index in [1.54, 1.807) is 23.5 Å². The number of aliphatic hydroxyl groups is 1. The SMILES string of the molecule is CC1(C)CCC(O)C=C1C=CC(=O)C=Cc1csc2ccccc12. The third-order valence-electron chi connectivity index (χ3n) is 4.58. The van der Waals surface area contributed by atoms with Crippen molar-refractivity contribution in [1.29, 1.82) is 0 Å². The maximum absolute atomic E-state index is 12.1. The summed E-state index contributed by atoms with van der Waals surface area (Å²) in [4.78, 5) is 12.1. The molecule has 24 heavy (non-hydrogen) atoms. The van der Waals surface area contributed by atoms with Gasteiger partial charge in [-0.05, 0) is 64.5 Å². The van der Waals surface area contributed by atoms with E-state index in [2.05, 4.69) is 31.4 Å². The number of thiophene rings is 1. The number of allylic oxidation sites excluding steroid dienone is 4. The molecule has 1 aliphatic carbocycles. The monoisotopic (exact) mass is 338 g/mol. The molecule has 0 saturated carbocycles. The minimum Gasteiger partial charge on any atom is -0.389 e. The summed E-state index contributed by atoms with van der Waals surface area (Å²) >= 11 is 1.68. The Morgan fingerprint density at radius 3 is 2.83 bits per heavy atom. The predicted octanol–water partition coefficient (Wildman–Crippen LogP) is 5.15. The summed E-state index contributed by atoms with van der Waals surface area (Å²) in [5, 5.41) is 13.0. The maximum Gasteiger partial charge on any atom is 0.178 e. The molecule has 0 spiro atoms. The third kappa shape index (κ3) is 3.74. The zero-order valence-electron chi connectivity index (χ0n) is 14.0. The van der Waals surface area contributed by atoms with Crippen LogP contribution >= 0.6 is 11.3 Å². The van der Waals surface area contributed by atoms with E-state index in [-0.39, 0.29) is 11.2 Å². The number of carbonyl (C=O) groups is 1. The number of ketones is 1. The van der Waals surface area contributed by atoms with Crippen LogP contribution < -0.4 is 0 Å². The minimum absolute atomic E-state index is 0.00326. The average Bonchev–Trinajstić information content (AvgIpc) is 2.97. The number of rotatable bonds is 4. The summed E-state index contributed by atoms with van der Waals surface area (Å²) in [7, 11) is 0. The Morgan fingerprint density at radius 1 is 1.25 bits per heavy atom. The Labute approximate surface area is 146 Å². The zero-order valence-corrected chi connectivity index (χ0v) is 14.8. The van der Waals surface area contributed by atoms with Gasteiger partial charge >= 0.3 is 0 Å². The Hall–Kier alpha value is -1.97. The fourth-order valence-electron chi connectivity index (χ4n) is 2.98. The van der Waals surface area contributed by atoms with Crippen LogP contribution in [0.3, 0.4) is 0 Å². The van der Waals surface area contributed by atoms with E-state index >= 15 is 0 Å². The van der Waals surface area contributed by atoms with Crippen LogP contribution in [0.1, 0.15) is 32.3 Å². The fraction of sp³-hybridized carbons (Fsp3) is 0.286. The summed E-state index contributed by atoms with van der Waals surface area (Å²) in [6, 6.07) is 8.19. The highest BCUT2D eigenvalue weighted by atomic mass is 32.1. The molecule has 1 atom stereocenters. The van der Waals surface area contributed by atoms with Crippen LogP contribution in [0.15, 0.2) is 59.5 Å². The highest BCUT2D eigenvalue weighted by molar-refractivity contribution is 7.17. The van der Waals surface area contributed by atoms with Crippen LogP contribution in [0, 0.1) is 5.41 Å². The first-order valence-corrected chi connectivity index (χ1v) is 9.10. The van der Waals surface area contributed by atoms with Gasteiger partial charge in [-0.3, -0.25) is 4.79 Å². The van der Waals surface area contributed by atoms with Crippen molar-refractivity contribution < 1.29 is 9.90 Å². The van der Waals surface area contributed by atoms with E-state index in [9.17, 15) is 9.90 Å². The van der Waals surface area contributed by atoms with Gasteiger partial charge in [0.15, 0.2) is 5.78 Å². The number of benzene rings is 1. The molecule has 2 nitrogen and oxygen atoms in total. The molecule has 3 heteroatoms. The number of aliphatic hydroxyl groups excluding tert-OH is 1. The predicted molar refractivity (Wildman–Crippen MR) is 102 cm³/mol. The first-order valence-electron chi connectivity index (χ1n) is 8.22. The molecule has 0 fully saturated rings. The van der Waals surface area contributed by atoms with E-state index in [4.69, 9.17) is 0 Å². The molecule has 0 aliphatic heterocycles. The van der Waals surface area contributed by atoms with Gasteiger partial charge in [0.2, 0.25) is 0 Å². The molecular formula is C21H22O2S. The van der Waals surface area contributed by atoms with Crippen molar-refractivity contribution in [2.24, 2.45) is 5.41 Å². The van der Waals surface area contributed by atoms with Gasteiger partial charge in [-0.2, -0.15) is 0 Å². The quantitative estimate of drug-likeness (QED) is 0.783. The van der Waals surface area contributed by atoms with Gasteiger partial charge in [0.1, 0.15) is 0 Å². The normalized spacial score (nSPS) is 20.8. The van der Waals surface area contributed by atoms with Crippen molar-refractivity contribution in [1.82, 2.24) is 0 Å². The van der Waals surface area contributed by atoms with Crippen LogP contribution in [-0.4, -0.2) is 17.0 Å². The van der Waals surface area contributed by atoms with E-state index in [1.165, 1.54) is 10.1 Å². The van der Waals surface area contributed by atoms with Crippen molar-refractivity contribution in [2.75, 3.05) is 0 Å². The van der Waals surface area contributed by atoms with Crippen molar-refractivity contribution in [3.63, 3.8) is 0 Å². The van der Waals surface area contributed by atoms with Crippen molar-refractivity contribution in [3.8, 4) is 0 Å². The van der Waals surface area contributed by atoms with E-state index in [0.29, 0.717) is 0 Å². The van der Waals surface area contributed by atoms with Crippen molar-refractivity contribution >= 4 is 33.3 Å². The van der Waals surface area contributed by atoms with Gasteiger partial charge in [-0.25, -0.2) is 0 Å². The van der Waals surface area contributed by atoms with E-state index in [0.717, 1.165) is 24.0 Å². The molecular weight excluding hydrogens is 316 g/mol. The first-order chi connectivity index (χ1) is 11.5. The second kappa shape index (κ2) is 6.88. The van der Waals surface area contributed by atoms with Gasteiger partial charge < -0.3 is 5.11 Å².